The summed E-state index contributed by atoms with van der Waals surface area (Å²) in [5.74, 6) is 0.899. The van der Waals surface area contributed by atoms with E-state index in [2.05, 4.69) is 48.3 Å². The average molecular weight is 353 g/mol. The molecule has 2 aromatic carbocycles. The molecule has 0 radical (unpaired) electrons. The third-order valence-corrected chi connectivity index (χ3v) is 4.78. The lowest BCUT2D eigenvalue weighted by Crippen LogP contribution is -2.34. The summed E-state index contributed by atoms with van der Waals surface area (Å²) >= 11 is 0. The van der Waals surface area contributed by atoms with Gasteiger partial charge in [0.2, 0.25) is 0 Å². The summed E-state index contributed by atoms with van der Waals surface area (Å²) in [6.07, 6.45) is 1.10. The van der Waals surface area contributed by atoms with Crippen molar-refractivity contribution >= 4 is 11.7 Å². The maximum Gasteiger partial charge on any atom is 0.302 e. The van der Waals surface area contributed by atoms with E-state index in [1.165, 1.54) is 23.7 Å². The highest BCUT2D eigenvalue weighted by molar-refractivity contribution is 5.66. The van der Waals surface area contributed by atoms with Crippen LogP contribution in [-0.4, -0.2) is 31.8 Å². The molecule has 0 fully saturated rings. The van der Waals surface area contributed by atoms with Gasteiger partial charge in [-0.05, 0) is 49.6 Å². The number of hydrogen-bond donors (Lipinski definition) is 0. The van der Waals surface area contributed by atoms with Crippen LogP contribution in [0.5, 0.6) is 5.75 Å². The van der Waals surface area contributed by atoms with Crippen LogP contribution in [0.25, 0.3) is 0 Å². The molecule has 0 aromatic heterocycles. The average Bonchev–Trinajstić information content (AvgIpc) is 2.61. The normalized spacial score (nSPS) is 16.8. The van der Waals surface area contributed by atoms with Gasteiger partial charge in [0, 0.05) is 32.1 Å². The smallest absolute Gasteiger partial charge is 0.302 e. The largest absolute Gasteiger partial charge is 0.484 e. The molecule has 0 saturated heterocycles. The molecule has 0 spiro atoms. The molecule has 26 heavy (non-hydrogen) atoms. The van der Waals surface area contributed by atoms with Crippen LogP contribution in [-0.2, 0) is 9.53 Å². The van der Waals surface area contributed by atoms with Gasteiger partial charge >= 0.3 is 5.97 Å². The monoisotopic (exact) mass is 353 g/mol. The first kappa shape index (κ1) is 18.3. The zero-order valence-corrected chi connectivity index (χ0v) is 16.0. The zero-order valence-electron chi connectivity index (χ0n) is 16.0. The molecule has 0 N–H and O–H groups in total. The minimum atomic E-state index is -0.562. The molecule has 3 rings (SSSR count). The number of carbonyl (C=O) groups is 1. The topological polar surface area (TPSA) is 38.8 Å². The number of ether oxygens (including phenoxy) is 2. The molecule has 0 bridgehead atoms. The van der Waals surface area contributed by atoms with Crippen LogP contribution in [0.3, 0.4) is 0 Å². The third-order valence-electron chi connectivity index (χ3n) is 4.78. The molecule has 1 heterocycles. The molecule has 2 aromatic rings. The molecule has 0 amide bonds. The molecule has 1 aliphatic heterocycles. The van der Waals surface area contributed by atoms with E-state index < -0.39 is 5.60 Å². The van der Waals surface area contributed by atoms with Gasteiger partial charge in [0.05, 0.1) is 0 Å². The molecule has 1 unspecified atom stereocenters. The Morgan fingerprint density at radius 2 is 1.85 bits per heavy atom. The number of esters is 1. The molecule has 0 saturated carbocycles. The van der Waals surface area contributed by atoms with Crippen molar-refractivity contribution in [2.45, 2.75) is 38.7 Å². The van der Waals surface area contributed by atoms with Crippen molar-refractivity contribution in [2.24, 2.45) is 0 Å². The fourth-order valence-corrected chi connectivity index (χ4v) is 3.47. The quantitative estimate of drug-likeness (QED) is 0.748. The maximum absolute atomic E-state index is 11.0. The second-order valence-electron chi connectivity index (χ2n) is 7.53. The van der Waals surface area contributed by atoms with Crippen molar-refractivity contribution < 1.29 is 14.3 Å². The standard InChI is InChI=1S/C22H27NO3/c1-16(24)25-15-22(2,3)26-18-11-9-17(10-12-18)19-13-14-23(4)21-8-6-5-7-20(19)21/h5-12,19H,13-15H2,1-4H3. The van der Waals surface area contributed by atoms with Crippen LogP contribution in [0, 0.1) is 0 Å². The van der Waals surface area contributed by atoms with Crippen LogP contribution < -0.4 is 9.64 Å². The second-order valence-corrected chi connectivity index (χ2v) is 7.53. The van der Waals surface area contributed by atoms with E-state index in [1.807, 2.05) is 26.0 Å². The molecule has 4 nitrogen and oxygen atoms in total. The van der Waals surface area contributed by atoms with Crippen molar-refractivity contribution in [3.8, 4) is 5.75 Å². The van der Waals surface area contributed by atoms with Gasteiger partial charge in [-0.2, -0.15) is 0 Å². The van der Waals surface area contributed by atoms with Gasteiger partial charge in [-0.25, -0.2) is 0 Å². The molecule has 1 aliphatic rings. The zero-order chi connectivity index (χ0) is 18.7. The summed E-state index contributed by atoms with van der Waals surface area (Å²) in [5, 5.41) is 0. The number of benzene rings is 2. The van der Waals surface area contributed by atoms with E-state index in [-0.39, 0.29) is 12.6 Å². The van der Waals surface area contributed by atoms with E-state index in [4.69, 9.17) is 9.47 Å². The Hall–Kier alpha value is -2.49. The predicted molar refractivity (Wildman–Crippen MR) is 104 cm³/mol. The van der Waals surface area contributed by atoms with E-state index in [0.717, 1.165) is 18.7 Å². The van der Waals surface area contributed by atoms with E-state index >= 15 is 0 Å². The maximum atomic E-state index is 11.0. The predicted octanol–water partition coefficient (Wildman–Crippen LogP) is 4.38. The summed E-state index contributed by atoms with van der Waals surface area (Å²) in [7, 11) is 2.15. The van der Waals surface area contributed by atoms with Gasteiger partial charge < -0.3 is 14.4 Å². The first-order chi connectivity index (χ1) is 12.4. The van der Waals surface area contributed by atoms with Gasteiger partial charge in [-0.1, -0.05) is 30.3 Å². The Morgan fingerprint density at radius 1 is 1.15 bits per heavy atom. The lowest BCUT2D eigenvalue weighted by molar-refractivity contribution is -0.146. The highest BCUT2D eigenvalue weighted by Gasteiger charge is 2.25. The fourth-order valence-electron chi connectivity index (χ4n) is 3.47. The van der Waals surface area contributed by atoms with E-state index in [0.29, 0.717) is 5.92 Å². The Bertz CT molecular complexity index is 767. The van der Waals surface area contributed by atoms with Gasteiger partial charge in [-0.3, -0.25) is 4.79 Å². The second kappa shape index (κ2) is 7.40. The first-order valence-electron chi connectivity index (χ1n) is 9.08. The Balaban J connectivity index is 1.74. The van der Waals surface area contributed by atoms with E-state index in [9.17, 15) is 4.79 Å². The van der Waals surface area contributed by atoms with Gasteiger partial charge in [0.1, 0.15) is 18.0 Å². The number of carbonyl (C=O) groups excluding carboxylic acids is 1. The summed E-state index contributed by atoms with van der Waals surface area (Å²) in [5.41, 5.74) is 3.43. The van der Waals surface area contributed by atoms with Crippen molar-refractivity contribution in [2.75, 3.05) is 25.1 Å². The summed E-state index contributed by atoms with van der Waals surface area (Å²) in [6, 6.07) is 16.9. The van der Waals surface area contributed by atoms with Crippen LogP contribution in [0.15, 0.2) is 48.5 Å². The molecule has 138 valence electrons. The summed E-state index contributed by atoms with van der Waals surface area (Å²) in [4.78, 5) is 13.3. The third kappa shape index (κ3) is 4.18. The fraction of sp³-hybridized carbons (Fsp3) is 0.409. The number of nitrogens with zero attached hydrogens (tertiary/aromatic N) is 1. The van der Waals surface area contributed by atoms with Crippen LogP contribution in [0.2, 0.25) is 0 Å². The number of rotatable bonds is 5. The molecular weight excluding hydrogens is 326 g/mol. The lowest BCUT2D eigenvalue weighted by atomic mass is 9.84. The highest BCUT2D eigenvalue weighted by Crippen LogP contribution is 2.39. The number of hydrogen-bond acceptors (Lipinski definition) is 4. The van der Waals surface area contributed by atoms with Gasteiger partial charge in [-0.15, -0.1) is 0 Å². The van der Waals surface area contributed by atoms with Crippen molar-refractivity contribution in [3.05, 3.63) is 59.7 Å². The van der Waals surface area contributed by atoms with E-state index in [1.54, 1.807) is 0 Å². The van der Waals surface area contributed by atoms with Gasteiger partial charge in [0.15, 0.2) is 0 Å². The van der Waals surface area contributed by atoms with Crippen LogP contribution >= 0.6 is 0 Å². The molecule has 1 atom stereocenters. The van der Waals surface area contributed by atoms with Crippen LogP contribution in [0.4, 0.5) is 5.69 Å². The molecular formula is C22H27NO3. The highest BCUT2D eigenvalue weighted by atomic mass is 16.6. The van der Waals surface area contributed by atoms with Crippen molar-refractivity contribution in [1.29, 1.82) is 0 Å². The SMILES string of the molecule is CC(=O)OCC(C)(C)Oc1ccc(C2CCN(C)c3ccccc32)cc1. The Morgan fingerprint density at radius 3 is 2.54 bits per heavy atom. The minimum absolute atomic E-state index is 0.229. The Kier molecular flexibility index (Phi) is 5.21. The number of fused-ring (bicyclic) bond motifs is 1. The molecule has 4 heteroatoms. The number of para-hydroxylation sites is 1. The van der Waals surface area contributed by atoms with Gasteiger partial charge in [0.25, 0.3) is 0 Å². The Labute approximate surface area is 155 Å². The summed E-state index contributed by atoms with van der Waals surface area (Å²) in [6.45, 7) is 6.51. The number of anilines is 1. The minimum Gasteiger partial charge on any atom is -0.484 e. The lowest BCUT2D eigenvalue weighted by Gasteiger charge is -2.33. The first-order valence-corrected chi connectivity index (χ1v) is 9.08. The molecule has 0 aliphatic carbocycles. The summed E-state index contributed by atoms with van der Waals surface area (Å²) < 4.78 is 11.1. The van der Waals surface area contributed by atoms with Crippen LogP contribution in [0.1, 0.15) is 44.2 Å². The van der Waals surface area contributed by atoms with Crippen molar-refractivity contribution in [3.63, 3.8) is 0 Å². The van der Waals surface area contributed by atoms with Crippen molar-refractivity contribution in [1.82, 2.24) is 0 Å².